The van der Waals surface area contributed by atoms with Crippen molar-refractivity contribution in [3.05, 3.63) is 82.8 Å². The van der Waals surface area contributed by atoms with E-state index in [1.807, 2.05) is 33.1 Å². The summed E-state index contributed by atoms with van der Waals surface area (Å²) in [5.74, 6) is -2.52. The van der Waals surface area contributed by atoms with E-state index in [-0.39, 0.29) is 54.6 Å². The van der Waals surface area contributed by atoms with Gasteiger partial charge < -0.3 is 14.1 Å². The second-order valence-electron chi connectivity index (χ2n) is 17.4. The second kappa shape index (κ2) is 15.6. The number of aryl methyl sites for hydroxylation is 1. The Kier molecular flexibility index (Phi) is 10.9. The van der Waals surface area contributed by atoms with Crippen LogP contribution in [0.25, 0.3) is 33.5 Å². The maximum absolute atomic E-state index is 15.0. The Labute approximate surface area is 355 Å². The predicted octanol–water partition coefficient (Wildman–Crippen LogP) is 8.09. The van der Waals surface area contributed by atoms with E-state index in [1.54, 1.807) is 30.3 Å². The van der Waals surface area contributed by atoms with Gasteiger partial charge in [0.1, 0.15) is 17.2 Å². The van der Waals surface area contributed by atoms with Crippen molar-refractivity contribution in [3.8, 4) is 17.3 Å². The maximum atomic E-state index is 15.0. The smallest absolute Gasteiger partial charge is 0.416 e. The number of Topliss-reactive ketones (excluding diaryl/α,β-unsaturated/α-hetero) is 1. The van der Waals surface area contributed by atoms with Crippen molar-refractivity contribution < 1.29 is 45.1 Å². The summed E-state index contributed by atoms with van der Waals surface area (Å²) in [5.41, 5.74) is -0.565. The van der Waals surface area contributed by atoms with Gasteiger partial charge >= 0.3 is 6.18 Å². The average Bonchev–Trinajstić information content (AvgIpc) is 4.05. The molecule has 17 heteroatoms. The zero-order valence-corrected chi connectivity index (χ0v) is 35.8. The number of hydrogen-bond acceptors (Lipinski definition) is 11. The number of ether oxygens (including phenoxy) is 1. The Balaban J connectivity index is 1.15. The first-order valence-electron chi connectivity index (χ1n) is 20.3. The highest BCUT2D eigenvalue weighted by Crippen LogP contribution is 2.57. The number of nitrogens with zero attached hydrogens (tertiary/aromatic N) is 4. The van der Waals surface area contributed by atoms with Crippen LogP contribution in [0.4, 0.5) is 13.2 Å². The largest absolute Gasteiger partial charge is 0.470 e. The van der Waals surface area contributed by atoms with Gasteiger partial charge in [0.15, 0.2) is 11.6 Å². The Morgan fingerprint density at radius 1 is 1.08 bits per heavy atom. The molecule has 1 aliphatic heterocycles. The summed E-state index contributed by atoms with van der Waals surface area (Å²) in [6.45, 7) is 11.6. The van der Waals surface area contributed by atoms with Crippen LogP contribution < -0.4 is 9.46 Å². The van der Waals surface area contributed by atoms with Crippen LogP contribution >= 0.6 is 11.3 Å². The monoisotopic (exact) mass is 877 g/mol. The maximum Gasteiger partial charge on any atom is 0.416 e. The lowest BCUT2D eigenvalue weighted by Gasteiger charge is -2.35. The molecule has 3 fully saturated rings. The number of halogens is 3. The van der Waals surface area contributed by atoms with Crippen LogP contribution in [0.15, 0.2) is 71.0 Å². The number of carbonyl (C=O) groups is 3. The number of para-hydroxylation sites is 1. The summed E-state index contributed by atoms with van der Waals surface area (Å²) in [6.07, 6.45) is -1.99. The first-order valence-corrected chi connectivity index (χ1v) is 22.7. The molecule has 2 saturated carbocycles. The first kappa shape index (κ1) is 42.5. The summed E-state index contributed by atoms with van der Waals surface area (Å²) in [6, 6.07) is 10.5. The van der Waals surface area contributed by atoms with E-state index in [0.29, 0.717) is 35.7 Å². The third-order valence-electron chi connectivity index (χ3n) is 12.1. The number of likely N-dealkylation sites (tertiary alicyclic amines) is 1. The number of fused-ring (bicyclic) bond motifs is 3. The zero-order valence-electron chi connectivity index (χ0n) is 34.1. The third-order valence-corrected chi connectivity index (χ3v) is 14.8. The summed E-state index contributed by atoms with van der Waals surface area (Å²) in [5, 5.41) is 2.71. The number of alkyl halides is 3. The third kappa shape index (κ3) is 8.42. The number of thiazole rings is 1. The minimum absolute atomic E-state index is 0.00314. The van der Waals surface area contributed by atoms with Crippen LogP contribution in [0.3, 0.4) is 0 Å². The highest BCUT2D eigenvalue weighted by Gasteiger charge is 2.61. The van der Waals surface area contributed by atoms with Crippen molar-refractivity contribution in [2.75, 3.05) is 6.54 Å². The number of hydrogen-bond donors (Lipinski definition) is 1. The molecule has 3 aromatic heterocycles. The molecular formula is C44H46F3N5O7S2. The minimum atomic E-state index is -4.55. The van der Waals surface area contributed by atoms with E-state index < -0.39 is 73.5 Å². The van der Waals surface area contributed by atoms with E-state index in [1.165, 1.54) is 28.4 Å². The number of amides is 2. The van der Waals surface area contributed by atoms with Crippen molar-refractivity contribution >= 4 is 61.0 Å². The number of nitrogens with one attached hydrogen (secondary N) is 1. The van der Waals surface area contributed by atoms with Gasteiger partial charge in [-0.3, -0.25) is 19.1 Å². The fourth-order valence-electron chi connectivity index (χ4n) is 8.22. The number of allylic oxidation sites excluding steroid dienone is 1. The molecule has 2 amide bonds. The van der Waals surface area contributed by atoms with Crippen molar-refractivity contribution in [2.45, 2.75) is 96.2 Å². The molecule has 1 saturated heterocycles. The molecule has 0 radical (unpaired) electrons. The summed E-state index contributed by atoms with van der Waals surface area (Å²) < 4.78 is 81.1. The normalized spacial score (nSPS) is 22.3. The topological polar surface area (TPSA) is 162 Å². The summed E-state index contributed by atoms with van der Waals surface area (Å²) in [7, 11) is -3.91. The summed E-state index contributed by atoms with van der Waals surface area (Å²) in [4.78, 5) is 58.9. The van der Waals surface area contributed by atoms with E-state index in [4.69, 9.17) is 14.1 Å². The molecular weight excluding hydrogens is 832 g/mol. The molecule has 4 heterocycles. The molecule has 3 aliphatic rings. The van der Waals surface area contributed by atoms with Gasteiger partial charge in [0.05, 0.1) is 39.5 Å². The number of aromatic nitrogens is 3. The average molecular weight is 878 g/mol. The van der Waals surface area contributed by atoms with Gasteiger partial charge in [-0.05, 0) is 61.3 Å². The van der Waals surface area contributed by atoms with Gasteiger partial charge in [0.25, 0.3) is 5.88 Å². The molecule has 5 atom stereocenters. The Hall–Kier alpha value is -5.16. The van der Waals surface area contributed by atoms with Crippen LogP contribution in [-0.2, 0) is 43.4 Å². The van der Waals surface area contributed by atoms with E-state index in [9.17, 15) is 36.0 Å². The molecule has 322 valence electrons. The number of ketones is 1. The molecule has 0 unspecified atom stereocenters. The first-order chi connectivity index (χ1) is 28.8. The quantitative estimate of drug-likeness (QED) is 0.108. The van der Waals surface area contributed by atoms with Crippen LogP contribution in [-0.4, -0.2) is 69.8 Å². The number of benzene rings is 2. The van der Waals surface area contributed by atoms with Crippen molar-refractivity contribution in [1.29, 1.82) is 0 Å². The molecule has 1 N–H and O–H groups in total. The van der Waals surface area contributed by atoms with E-state index >= 15 is 0 Å². The van der Waals surface area contributed by atoms with Gasteiger partial charge in [0, 0.05) is 41.5 Å². The van der Waals surface area contributed by atoms with Gasteiger partial charge in [0.2, 0.25) is 27.4 Å². The number of sulfonamides is 1. The number of rotatable bonds is 14. The van der Waals surface area contributed by atoms with Gasteiger partial charge in [-0.25, -0.2) is 18.4 Å². The van der Waals surface area contributed by atoms with Crippen LogP contribution in [0.1, 0.15) is 76.1 Å². The zero-order chi connectivity index (χ0) is 43.6. The molecule has 2 aromatic carbocycles. The molecule has 12 nitrogen and oxygen atoms in total. The SMILES string of the molecule is C=C[C@@H]1C[C@]1(CC(=O)[C@@H]1C[C@@H](Oc2nc(-c3ccc(C(F)(F)F)cc3)nc3c2oc2ccccc23)CN1C(=O)[C@@H](Cc1nc(CC)cs1)C(C)(C)C)C(=O)NS(=O)(=O)C1CC1. The standard InChI is InChI=1S/C44H46F3N5O7S2/c1-6-25-20-43(25,41(55)51-61(56,57)29-16-17-29)21-33(53)32-18-28(22-52(32)40(54)31(42(3,4)5)19-35-48-27(7-2)23-60-35)58-39-37-36(30-10-8-9-11-34(30)59-37)49-38(50-39)24-12-14-26(15-13-24)44(45,46)47/h6,8-15,23,25,28-29,31-32H,1,7,16-22H2,2-5H3,(H,51,55)/t25-,28-,31-,32+,43-/m1/s1. The van der Waals surface area contributed by atoms with Gasteiger partial charge in [-0.15, -0.1) is 17.9 Å². The lowest BCUT2D eigenvalue weighted by atomic mass is 9.77. The fraction of sp³-hybridized carbons (Fsp3) is 0.455. The number of carbonyl (C=O) groups excluding carboxylic acids is 3. The van der Waals surface area contributed by atoms with E-state index in [0.717, 1.165) is 29.3 Å². The Bertz CT molecular complexity index is 2650. The van der Waals surface area contributed by atoms with Crippen molar-refractivity contribution in [1.82, 2.24) is 24.6 Å². The van der Waals surface area contributed by atoms with Crippen molar-refractivity contribution in [3.63, 3.8) is 0 Å². The van der Waals surface area contributed by atoms with Crippen LogP contribution in [0.5, 0.6) is 5.88 Å². The van der Waals surface area contributed by atoms with Crippen molar-refractivity contribution in [2.24, 2.45) is 22.7 Å². The predicted molar refractivity (Wildman–Crippen MR) is 223 cm³/mol. The fourth-order valence-corrected chi connectivity index (χ4v) is 10.5. The highest BCUT2D eigenvalue weighted by atomic mass is 32.2. The van der Waals surface area contributed by atoms with Crippen LogP contribution in [0, 0.1) is 22.7 Å². The molecule has 5 aromatic rings. The van der Waals surface area contributed by atoms with Crippen LogP contribution in [0.2, 0.25) is 0 Å². The lowest BCUT2D eigenvalue weighted by Crippen LogP contribution is -2.48. The molecule has 0 spiro atoms. The molecule has 2 aliphatic carbocycles. The molecule has 61 heavy (non-hydrogen) atoms. The Morgan fingerprint density at radius 3 is 2.43 bits per heavy atom. The Morgan fingerprint density at radius 2 is 1.80 bits per heavy atom. The van der Waals surface area contributed by atoms with Gasteiger partial charge in [-0.1, -0.05) is 58.0 Å². The molecule has 0 bridgehead atoms. The van der Waals surface area contributed by atoms with Gasteiger partial charge in [-0.2, -0.15) is 18.2 Å². The second-order valence-corrected chi connectivity index (χ2v) is 20.3. The highest BCUT2D eigenvalue weighted by molar-refractivity contribution is 7.90. The summed E-state index contributed by atoms with van der Waals surface area (Å²) >= 11 is 1.47. The van der Waals surface area contributed by atoms with E-state index in [2.05, 4.69) is 21.3 Å². The minimum Gasteiger partial charge on any atom is -0.470 e. The lowest BCUT2D eigenvalue weighted by molar-refractivity contribution is -0.144. The molecule has 8 rings (SSSR count). The number of furan rings is 1.